The van der Waals surface area contributed by atoms with Crippen molar-refractivity contribution >= 4 is 77.2 Å². The van der Waals surface area contributed by atoms with Crippen molar-refractivity contribution in [2.45, 2.75) is 138 Å². The van der Waals surface area contributed by atoms with Gasteiger partial charge in [-0.3, -0.25) is 28.8 Å². The van der Waals surface area contributed by atoms with Crippen LogP contribution >= 0.6 is 12.4 Å². The van der Waals surface area contributed by atoms with E-state index < -0.39 is 66.5 Å². The molecular weight excluding hydrogens is 1310 g/mol. The second kappa shape index (κ2) is 46.9. The first kappa shape index (κ1) is 90.9. The number of hydrogen-bond acceptors (Lipinski definition) is 20. The number of carboxylic acids is 2. The standard InChI is InChI=1S/C15H25N3O3.C14H24N4O3.C10H9NO3.C9H14N2O2.C8H13N3O2.C7H14O2.C2HF3O.ClH/c1-10(2)6-11(3)14(19)17-13(15(20)21-5)7-12-8-16-9-18(12)4;1-9(2)5-11(15)13(19)17-12(14(20)21-4)6-10-7-16-8-18(10)3;1-14-9-4-2-3-7-6(9)5-8(11-7)10(12)13;1-7(9(12)13-3)4-8-5-10-6-11(8)2;1-11-5-10-4-6(11)3-7(9)8(12)13-2;1-5(2)4-6(3)7(8)9;3-2(4,5)1-6;/h8-11,13H,6-7H2,1-5H3,(H,17,19);7-9,11-12H,5-6,15H2,1-4H3,(H,17,19);2-5,11H,1H3,(H,12,13);5-7H,4H2,1-3H3;4-5,7H,3,9H2,1-2H3;5-6H,4H2,1-3H3,(H,8,9);1H;1H/t11-,13-;11-,12-;;2*7-;6-;;/m00.000../s1. The van der Waals surface area contributed by atoms with Gasteiger partial charge in [0.2, 0.25) is 18.1 Å². The Morgan fingerprint density at radius 3 is 1.26 bits per heavy atom. The van der Waals surface area contributed by atoms with Crippen molar-refractivity contribution in [3.63, 3.8) is 0 Å². The summed E-state index contributed by atoms with van der Waals surface area (Å²) in [5.41, 5.74) is 16.0. The highest BCUT2D eigenvalue weighted by Gasteiger charge is 2.28. The van der Waals surface area contributed by atoms with Crippen LogP contribution in [0.1, 0.15) is 115 Å². The number of alkyl halides is 3. The molecule has 0 unspecified atom stereocenters. The Kier molecular flexibility index (Phi) is 43.5. The molecule has 0 spiro atoms. The number of aromatic nitrogens is 9. The number of rotatable bonds is 25. The number of aromatic amines is 1. The van der Waals surface area contributed by atoms with E-state index >= 15 is 0 Å². The molecule has 0 aliphatic rings. The quantitative estimate of drug-likeness (QED) is 0.0187. The summed E-state index contributed by atoms with van der Waals surface area (Å²) in [4.78, 5) is 118. The van der Waals surface area contributed by atoms with E-state index in [-0.39, 0.29) is 53.6 Å². The van der Waals surface area contributed by atoms with Crippen LogP contribution in [0.2, 0.25) is 0 Å². The van der Waals surface area contributed by atoms with Gasteiger partial charge in [0.05, 0.1) is 78.7 Å². The summed E-state index contributed by atoms with van der Waals surface area (Å²) >= 11 is 0. The third-order valence-electron chi connectivity index (χ3n) is 13.9. The summed E-state index contributed by atoms with van der Waals surface area (Å²) in [6.07, 6.45) is 11.7. The summed E-state index contributed by atoms with van der Waals surface area (Å²) in [6, 6.07) is 4.28. The number of carboxylic acid groups (broad SMARTS) is 2. The van der Waals surface area contributed by atoms with Crippen LogP contribution in [0.3, 0.4) is 0 Å². The predicted molar refractivity (Wildman–Crippen MR) is 360 cm³/mol. The highest BCUT2D eigenvalue weighted by molar-refractivity contribution is 5.96. The molecule has 33 heteroatoms. The van der Waals surface area contributed by atoms with Crippen LogP contribution in [0.15, 0.2) is 74.4 Å². The number of aldehydes is 1. The molecule has 7 atom stereocenters. The van der Waals surface area contributed by atoms with Crippen LogP contribution in [-0.2, 0) is 111 Å². The van der Waals surface area contributed by atoms with Gasteiger partial charge in [0.1, 0.15) is 29.6 Å². The number of aliphatic carboxylic acids is 1. The number of H-pyrrole nitrogens is 1. The molecule has 0 saturated heterocycles. The maximum Gasteiger partial charge on any atom is 0.446 e. The zero-order valence-electron chi connectivity index (χ0n) is 59.1. The molecule has 98 heavy (non-hydrogen) atoms. The molecule has 0 radical (unpaired) electrons. The summed E-state index contributed by atoms with van der Waals surface area (Å²) in [6.45, 7) is 17.6. The van der Waals surface area contributed by atoms with Gasteiger partial charge in [0.25, 0.3) is 0 Å². The second-order valence-corrected chi connectivity index (χ2v) is 23.7. The van der Waals surface area contributed by atoms with Gasteiger partial charge >= 0.3 is 42.0 Å². The molecule has 29 nitrogen and oxygen atoms in total. The summed E-state index contributed by atoms with van der Waals surface area (Å²) in [7, 11) is 14.3. The minimum atomic E-state index is -4.64. The number of aryl methyl sites for hydroxylation is 4. The average Bonchev–Trinajstić information content (AvgIpc) is 1.67. The zero-order valence-corrected chi connectivity index (χ0v) is 59.9. The molecule has 0 aliphatic carbocycles. The second-order valence-electron chi connectivity index (χ2n) is 23.7. The number of nitrogens with zero attached hydrogens (tertiary/aromatic N) is 8. The highest BCUT2D eigenvalue weighted by Crippen LogP contribution is 2.26. The van der Waals surface area contributed by atoms with Crippen molar-refractivity contribution in [2.75, 3.05) is 35.5 Å². The first-order valence-corrected chi connectivity index (χ1v) is 30.7. The number of fused-ring (bicyclic) bond motifs is 1. The number of carbonyl (C=O) groups excluding carboxylic acids is 7. The van der Waals surface area contributed by atoms with Crippen molar-refractivity contribution in [2.24, 2.45) is 75.2 Å². The molecule has 6 aromatic rings. The lowest BCUT2D eigenvalue weighted by molar-refractivity contribution is -0.156. The van der Waals surface area contributed by atoms with Gasteiger partial charge in [-0.2, -0.15) is 13.2 Å². The van der Waals surface area contributed by atoms with Crippen LogP contribution in [0.5, 0.6) is 5.75 Å². The molecule has 0 saturated carbocycles. The summed E-state index contributed by atoms with van der Waals surface area (Å²) < 4.78 is 62.3. The Hall–Kier alpha value is -9.17. The van der Waals surface area contributed by atoms with Gasteiger partial charge < -0.3 is 79.3 Å². The SMILES string of the molecule is CC(C)C[C@H](C)C(=O)O.COC(=O)[C@@H](C)Cc1cncn1C.COC(=O)[C@@H](N)Cc1cncn1C.COC(=O)[C@H](Cc1cncn1C)NC(=O)[C@@H](C)CC(C)C.COC(=O)[C@H](Cc1cncn1C)NC(=O)[C@@H](N)CC(C)C.COc1cccc2[nH]c(C(=O)O)cc12.Cl.O=CC(F)(F)F. The van der Waals surface area contributed by atoms with Crippen molar-refractivity contribution in [3.05, 3.63) is 103 Å². The first-order chi connectivity index (χ1) is 45.3. The third kappa shape index (κ3) is 35.7. The zero-order chi connectivity index (χ0) is 74.4. The number of amides is 2. The molecule has 1 aromatic carbocycles. The fourth-order valence-corrected chi connectivity index (χ4v) is 8.72. The lowest BCUT2D eigenvalue weighted by atomic mass is 9.97. The third-order valence-corrected chi connectivity index (χ3v) is 13.9. The number of nitrogens with one attached hydrogen (secondary N) is 3. The van der Waals surface area contributed by atoms with Crippen LogP contribution in [0, 0.1) is 35.5 Å². The topological polar surface area (TPSA) is 403 Å². The number of halogens is 4. The molecule has 0 aliphatic heterocycles. The van der Waals surface area contributed by atoms with Crippen molar-refractivity contribution < 1.29 is 90.2 Å². The van der Waals surface area contributed by atoms with Crippen LogP contribution < -0.4 is 26.8 Å². The van der Waals surface area contributed by atoms with E-state index in [1.54, 1.807) is 80.8 Å². The van der Waals surface area contributed by atoms with Gasteiger partial charge in [-0.25, -0.2) is 34.3 Å². The molecule has 550 valence electrons. The smallest absolute Gasteiger partial charge is 0.446 e. The number of benzene rings is 1. The van der Waals surface area contributed by atoms with E-state index in [1.165, 1.54) is 28.4 Å². The van der Waals surface area contributed by atoms with Gasteiger partial charge in [-0.15, -0.1) is 12.4 Å². The average molecular weight is 1410 g/mol. The fourth-order valence-electron chi connectivity index (χ4n) is 8.72. The summed E-state index contributed by atoms with van der Waals surface area (Å²) in [5.74, 6) is -2.20. The Morgan fingerprint density at radius 2 is 0.929 bits per heavy atom. The van der Waals surface area contributed by atoms with E-state index in [9.17, 15) is 51.5 Å². The van der Waals surface area contributed by atoms with E-state index in [0.717, 1.165) is 46.5 Å². The normalized spacial score (nSPS) is 12.7. The lowest BCUT2D eigenvalue weighted by Gasteiger charge is -2.20. The minimum absolute atomic E-state index is 0. The number of carbonyl (C=O) groups is 9. The predicted octanol–water partition coefficient (Wildman–Crippen LogP) is 6.33. The monoisotopic (exact) mass is 1410 g/mol. The number of esters is 4. The first-order valence-electron chi connectivity index (χ1n) is 30.7. The highest BCUT2D eigenvalue weighted by atomic mass is 35.5. The van der Waals surface area contributed by atoms with Gasteiger partial charge in [0, 0.05) is 118 Å². The van der Waals surface area contributed by atoms with Gasteiger partial charge in [-0.05, 0) is 55.2 Å². The Labute approximate surface area is 576 Å². The van der Waals surface area contributed by atoms with E-state index in [2.05, 4.69) is 58.9 Å². The molecule has 6 rings (SSSR count). The van der Waals surface area contributed by atoms with Crippen molar-refractivity contribution in [1.29, 1.82) is 0 Å². The van der Waals surface area contributed by atoms with Crippen LogP contribution in [0.25, 0.3) is 10.9 Å². The number of ether oxygens (including phenoxy) is 5. The molecule has 5 heterocycles. The van der Waals surface area contributed by atoms with Gasteiger partial charge in [0.15, 0.2) is 0 Å². The summed E-state index contributed by atoms with van der Waals surface area (Å²) in [5, 5.41) is 23.4. The Balaban J connectivity index is 0. The van der Waals surface area contributed by atoms with Gasteiger partial charge in [-0.1, -0.05) is 68.4 Å². The minimum Gasteiger partial charge on any atom is -0.496 e. The molecule has 5 aromatic heterocycles. The Bertz CT molecular complexity index is 3210. The largest absolute Gasteiger partial charge is 0.496 e. The lowest BCUT2D eigenvalue weighted by Crippen LogP contribution is -2.50. The number of imidazole rings is 4. The number of methoxy groups -OCH3 is 5. The molecule has 9 N–H and O–H groups in total. The van der Waals surface area contributed by atoms with E-state index in [1.807, 2.05) is 95.6 Å². The fraction of sp³-hybridized carbons (Fsp3) is 0.554. The number of aromatic carboxylic acids is 1. The number of hydrogen-bond donors (Lipinski definition) is 7. The number of nitrogens with two attached hydrogens (primary N) is 2. The van der Waals surface area contributed by atoms with E-state index in [0.29, 0.717) is 55.6 Å². The van der Waals surface area contributed by atoms with Crippen LogP contribution in [-0.4, -0.2) is 173 Å². The Morgan fingerprint density at radius 1 is 0.551 bits per heavy atom. The maximum atomic E-state index is 12.2. The maximum absolute atomic E-state index is 12.2. The molecule has 2 amide bonds. The van der Waals surface area contributed by atoms with E-state index in [4.69, 9.17) is 40.7 Å². The van der Waals surface area contributed by atoms with Crippen molar-refractivity contribution in [3.8, 4) is 5.75 Å². The molecule has 0 fully saturated rings. The molecular formula is C65H101ClF3N13O16. The van der Waals surface area contributed by atoms with Crippen LogP contribution in [0.4, 0.5) is 13.2 Å². The molecule has 0 bridgehead atoms. The van der Waals surface area contributed by atoms with Crippen molar-refractivity contribution in [1.82, 2.24) is 53.8 Å².